The standard InChI is InChI=1S/C13H15IN2O7/c1-6(17)21-5-10-9(22-7(2)18)3-11(23-10)16-4-8(14)12(19)15-13(16)20/h4,9-11H,3,5H2,1-2H3,(H,15,19,20)/t9-,10+,11+/m0/s1. The second-order valence-corrected chi connectivity index (χ2v) is 6.12. The maximum Gasteiger partial charge on any atom is 0.330 e. The summed E-state index contributed by atoms with van der Waals surface area (Å²) in [5.41, 5.74) is -1.12. The first-order valence-electron chi connectivity index (χ1n) is 6.75. The van der Waals surface area contributed by atoms with Crippen molar-refractivity contribution in [3.05, 3.63) is 30.6 Å². The van der Waals surface area contributed by atoms with Gasteiger partial charge in [0.1, 0.15) is 25.0 Å². The molecule has 1 aliphatic heterocycles. The van der Waals surface area contributed by atoms with Crippen molar-refractivity contribution in [1.82, 2.24) is 9.55 Å². The van der Waals surface area contributed by atoms with Crippen LogP contribution in [0.3, 0.4) is 0 Å². The first-order chi connectivity index (χ1) is 10.8. The summed E-state index contributed by atoms with van der Waals surface area (Å²) in [4.78, 5) is 47.6. The van der Waals surface area contributed by atoms with Crippen LogP contribution in [-0.2, 0) is 23.8 Å². The summed E-state index contributed by atoms with van der Waals surface area (Å²) in [6.45, 7) is 2.41. The number of hydrogen-bond donors (Lipinski definition) is 1. The molecule has 0 unspecified atom stereocenters. The van der Waals surface area contributed by atoms with Gasteiger partial charge in [-0.15, -0.1) is 0 Å². The summed E-state index contributed by atoms with van der Waals surface area (Å²) >= 11 is 1.80. The van der Waals surface area contributed by atoms with E-state index in [-0.39, 0.29) is 13.0 Å². The van der Waals surface area contributed by atoms with E-state index in [1.807, 2.05) is 0 Å². The Morgan fingerprint density at radius 1 is 1.39 bits per heavy atom. The molecule has 0 spiro atoms. The molecule has 0 amide bonds. The lowest BCUT2D eigenvalue weighted by Gasteiger charge is -2.17. The van der Waals surface area contributed by atoms with Crippen LogP contribution >= 0.6 is 22.6 Å². The van der Waals surface area contributed by atoms with Crippen LogP contribution in [0.5, 0.6) is 0 Å². The SMILES string of the molecule is CC(=O)OC[C@H]1O[C@@H](n2cc(I)c(=O)[nH]c2=O)C[C@@H]1OC(C)=O. The van der Waals surface area contributed by atoms with Crippen LogP contribution < -0.4 is 11.2 Å². The number of H-pyrrole nitrogens is 1. The molecule has 3 atom stereocenters. The van der Waals surface area contributed by atoms with E-state index in [1.54, 1.807) is 22.6 Å². The Labute approximate surface area is 144 Å². The summed E-state index contributed by atoms with van der Waals surface area (Å²) in [6.07, 6.45) is -0.519. The molecule has 0 saturated carbocycles. The van der Waals surface area contributed by atoms with E-state index in [2.05, 4.69) is 4.98 Å². The van der Waals surface area contributed by atoms with Crippen LogP contribution in [0.4, 0.5) is 0 Å². The van der Waals surface area contributed by atoms with Gasteiger partial charge in [0.15, 0.2) is 0 Å². The van der Waals surface area contributed by atoms with Crippen LogP contribution in [0.25, 0.3) is 0 Å². The molecule has 1 aliphatic rings. The van der Waals surface area contributed by atoms with Gasteiger partial charge in [-0.3, -0.25) is 23.9 Å². The zero-order valence-corrected chi connectivity index (χ0v) is 14.6. The van der Waals surface area contributed by atoms with Crippen LogP contribution in [0.2, 0.25) is 0 Å². The average Bonchev–Trinajstić information content (AvgIpc) is 2.82. The number of rotatable bonds is 4. The quantitative estimate of drug-likeness (QED) is 0.517. The Morgan fingerprint density at radius 3 is 2.70 bits per heavy atom. The molecule has 0 bridgehead atoms. The van der Waals surface area contributed by atoms with E-state index < -0.39 is 41.6 Å². The lowest BCUT2D eigenvalue weighted by atomic mass is 10.2. The highest BCUT2D eigenvalue weighted by molar-refractivity contribution is 14.1. The number of halogens is 1. The van der Waals surface area contributed by atoms with Crippen molar-refractivity contribution in [3.8, 4) is 0 Å². The van der Waals surface area contributed by atoms with Crippen molar-refractivity contribution < 1.29 is 23.8 Å². The summed E-state index contributed by atoms with van der Waals surface area (Å²) in [5.74, 6) is -0.996. The topological polar surface area (TPSA) is 117 Å². The Hall–Kier alpha value is -1.69. The van der Waals surface area contributed by atoms with Gasteiger partial charge in [0.2, 0.25) is 0 Å². The highest BCUT2D eigenvalue weighted by Crippen LogP contribution is 2.30. The van der Waals surface area contributed by atoms with Crippen LogP contribution in [-0.4, -0.2) is 40.3 Å². The molecule has 10 heteroatoms. The number of aromatic nitrogens is 2. The van der Waals surface area contributed by atoms with Crippen molar-refractivity contribution in [1.29, 1.82) is 0 Å². The Balaban J connectivity index is 2.23. The number of nitrogens with zero attached hydrogens (tertiary/aromatic N) is 1. The minimum Gasteiger partial charge on any atom is -0.463 e. The van der Waals surface area contributed by atoms with Crippen LogP contribution in [0.15, 0.2) is 15.8 Å². The summed E-state index contributed by atoms with van der Waals surface area (Å²) in [7, 11) is 0. The van der Waals surface area contributed by atoms with Gasteiger partial charge in [0, 0.05) is 26.5 Å². The maximum absolute atomic E-state index is 11.9. The fraction of sp³-hybridized carbons (Fsp3) is 0.538. The van der Waals surface area contributed by atoms with Gasteiger partial charge >= 0.3 is 17.6 Å². The van der Waals surface area contributed by atoms with Gasteiger partial charge in [-0.25, -0.2) is 4.79 Å². The third kappa shape index (κ3) is 4.41. The lowest BCUT2D eigenvalue weighted by molar-refractivity contribution is -0.155. The number of hydrogen-bond acceptors (Lipinski definition) is 7. The van der Waals surface area contributed by atoms with Gasteiger partial charge in [0.05, 0.1) is 3.57 Å². The van der Waals surface area contributed by atoms with E-state index in [0.29, 0.717) is 3.57 Å². The van der Waals surface area contributed by atoms with Gasteiger partial charge in [0.25, 0.3) is 5.56 Å². The van der Waals surface area contributed by atoms with E-state index in [1.165, 1.54) is 24.6 Å². The molecule has 126 valence electrons. The first-order valence-corrected chi connectivity index (χ1v) is 7.83. The second-order valence-electron chi connectivity index (χ2n) is 4.96. The largest absolute Gasteiger partial charge is 0.463 e. The van der Waals surface area contributed by atoms with Crippen LogP contribution in [0, 0.1) is 3.57 Å². The number of ether oxygens (including phenoxy) is 3. The van der Waals surface area contributed by atoms with E-state index in [4.69, 9.17) is 14.2 Å². The molecule has 2 rings (SSSR count). The fourth-order valence-electron chi connectivity index (χ4n) is 2.23. The minimum absolute atomic E-state index is 0.0982. The Morgan fingerprint density at radius 2 is 2.09 bits per heavy atom. The molecule has 0 aromatic carbocycles. The van der Waals surface area contributed by atoms with Crippen molar-refractivity contribution in [2.24, 2.45) is 0 Å². The normalized spacial score (nSPS) is 23.5. The Kier molecular flexibility index (Phi) is 5.57. The maximum atomic E-state index is 11.9. The van der Waals surface area contributed by atoms with E-state index in [9.17, 15) is 19.2 Å². The average molecular weight is 438 g/mol. The van der Waals surface area contributed by atoms with Crippen molar-refractivity contribution >= 4 is 34.5 Å². The van der Waals surface area contributed by atoms with Crippen molar-refractivity contribution in [3.63, 3.8) is 0 Å². The molecule has 1 aromatic rings. The number of aromatic amines is 1. The fourth-order valence-corrected chi connectivity index (χ4v) is 2.67. The van der Waals surface area contributed by atoms with Crippen LogP contribution in [0.1, 0.15) is 26.5 Å². The lowest BCUT2D eigenvalue weighted by Crippen LogP contribution is -2.33. The predicted molar refractivity (Wildman–Crippen MR) is 84.8 cm³/mol. The first kappa shape index (κ1) is 17.7. The zero-order chi connectivity index (χ0) is 17.1. The molecule has 9 nitrogen and oxygen atoms in total. The number of carbonyl (C=O) groups is 2. The van der Waals surface area contributed by atoms with E-state index in [0.717, 1.165) is 0 Å². The van der Waals surface area contributed by atoms with Crippen molar-refractivity contribution in [2.75, 3.05) is 6.61 Å². The molecule has 0 radical (unpaired) electrons. The summed E-state index contributed by atoms with van der Waals surface area (Å²) in [6, 6.07) is 0. The molecule has 0 aliphatic carbocycles. The Bertz CT molecular complexity index is 726. The van der Waals surface area contributed by atoms with E-state index >= 15 is 0 Å². The molecule has 1 fully saturated rings. The number of esters is 2. The predicted octanol–water partition coefficient (Wildman–Crippen LogP) is -0.0765. The second kappa shape index (κ2) is 7.25. The summed E-state index contributed by atoms with van der Waals surface area (Å²) in [5, 5.41) is 0. The zero-order valence-electron chi connectivity index (χ0n) is 12.4. The van der Waals surface area contributed by atoms with Gasteiger partial charge in [-0.1, -0.05) is 0 Å². The third-order valence-electron chi connectivity index (χ3n) is 3.18. The molecule has 1 saturated heterocycles. The molecule has 1 aromatic heterocycles. The van der Waals surface area contributed by atoms with Gasteiger partial charge in [-0.2, -0.15) is 0 Å². The van der Waals surface area contributed by atoms with Gasteiger partial charge < -0.3 is 14.2 Å². The third-order valence-corrected chi connectivity index (χ3v) is 3.95. The molecule has 23 heavy (non-hydrogen) atoms. The highest BCUT2D eigenvalue weighted by Gasteiger charge is 2.39. The highest BCUT2D eigenvalue weighted by atomic mass is 127. The summed E-state index contributed by atoms with van der Waals surface area (Å²) < 4.78 is 17.3. The number of nitrogens with one attached hydrogen (secondary N) is 1. The molecule has 2 heterocycles. The molecule has 1 N–H and O–H groups in total. The molecular formula is C13H15IN2O7. The number of carbonyl (C=O) groups excluding carboxylic acids is 2. The smallest absolute Gasteiger partial charge is 0.330 e. The monoisotopic (exact) mass is 438 g/mol. The van der Waals surface area contributed by atoms with Gasteiger partial charge in [-0.05, 0) is 22.6 Å². The van der Waals surface area contributed by atoms with Crippen molar-refractivity contribution in [2.45, 2.75) is 38.7 Å². The minimum atomic E-state index is -0.738. The molecular weight excluding hydrogens is 423 g/mol.